The Labute approximate surface area is 171 Å². The number of hydrogen-bond donors (Lipinski definition) is 1. The van der Waals surface area contributed by atoms with Gasteiger partial charge in [0, 0.05) is 44.0 Å². The molecule has 1 aliphatic rings. The first kappa shape index (κ1) is 20.7. The second-order valence-electron chi connectivity index (χ2n) is 7.51. The molecular formula is C23H27N3O3. The lowest BCUT2D eigenvalue weighted by atomic mass is 9.91. The number of ketones is 1. The zero-order valence-electron chi connectivity index (χ0n) is 16.8. The maximum atomic E-state index is 12.8. The Bertz CT molecular complexity index is 859. The first-order chi connectivity index (χ1) is 14.0. The van der Waals surface area contributed by atoms with Gasteiger partial charge in [-0.05, 0) is 49.8 Å². The zero-order valence-corrected chi connectivity index (χ0v) is 16.8. The Balaban J connectivity index is 1.43. The Hall–Kier alpha value is -3.02. The summed E-state index contributed by atoms with van der Waals surface area (Å²) in [4.78, 5) is 42.6. The molecule has 2 aromatic rings. The first-order valence-electron chi connectivity index (χ1n) is 10.1. The Morgan fingerprint density at radius 1 is 1.07 bits per heavy atom. The molecule has 2 heterocycles. The Kier molecular flexibility index (Phi) is 7.11. The number of pyridine rings is 1. The second-order valence-corrected chi connectivity index (χ2v) is 7.51. The topological polar surface area (TPSA) is 79.4 Å². The fraction of sp³-hybridized carbons (Fsp3) is 0.391. The highest BCUT2D eigenvalue weighted by atomic mass is 16.2. The Morgan fingerprint density at radius 3 is 2.45 bits per heavy atom. The molecule has 0 saturated carbocycles. The van der Waals surface area contributed by atoms with Crippen molar-refractivity contribution in [2.24, 2.45) is 5.92 Å². The number of rotatable bonds is 7. The van der Waals surface area contributed by atoms with Gasteiger partial charge in [-0.3, -0.25) is 19.4 Å². The van der Waals surface area contributed by atoms with Crippen LogP contribution < -0.4 is 5.32 Å². The van der Waals surface area contributed by atoms with Crippen molar-refractivity contribution in [3.63, 3.8) is 0 Å². The molecule has 1 aromatic heterocycles. The summed E-state index contributed by atoms with van der Waals surface area (Å²) in [6.45, 7) is 3.30. The molecule has 1 aromatic carbocycles. The molecule has 1 fully saturated rings. The maximum absolute atomic E-state index is 12.8. The predicted octanol–water partition coefficient (Wildman–Crippen LogP) is 3.23. The van der Waals surface area contributed by atoms with Crippen LogP contribution in [0.3, 0.4) is 0 Å². The number of likely N-dealkylation sites (tertiary alicyclic amines) is 1. The molecular weight excluding hydrogens is 366 g/mol. The van der Waals surface area contributed by atoms with E-state index in [0.717, 1.165) is 24.8 Å². The monoisotopic (exact) mass is 393 g/mol. The quantitative estimate of drug-likeness (QED) is 0.733. The van der Waals surface area contributed by atoms with Gasteiger partial charge >= 0.3 is 0 Å². The number of benzene rings is 1. The largest absolute Gasteiger partial charge is 0.352 e. The second kappa shape index (κ2) is 9.96. The SMILES string of the molecule is CC(=O)c1ccccc1C(=O)N1CCC(CCC(=O)NCc2cccnc2)CC1. The van der Waals surface area contributed by atoms with Crippen LogP contribution in [0.15, 0.2) is 48.8 Å². The molecule has 0 unspecified atom stereocenters. The molecule has 1 N–H and O–H groups in total. The van der Waals surface area contributed by atoms with Gasteiger partial charge < -0.3 is 10.2 Å². The number of amides is 2. The normalized spacial score (nSPS) is 14.4. The van der Waals surface area contributed by atoms with Crippen molar-refractivity contribution < 1.29 is 14.4 Å². The lowest BCUT2D eigenvalue weighted by molar-refractivity contribution is -0.121. The molecule has 1 aliphatic heterocycles. The van der Waals surface area contributed by atoms with E-state index in [4.69, 9.17) is 0 Å². The van der Waals surface area contributed by atoms with Gasteiger partial charge in [-0.1, -0.05) is 24.3 Å². The predicted molar refractivity (Wildman–Crippen MR) is 110 cm³/mol. The van der Waals surface area contributed by atoms with E-state index in [2.05, 4.69) is 10.3 Å². The van der Waals surface area contributed by atoms with Gasteiger partial charge in [-0.15, -0.1) is 0 Å². The number of nitrogens with zero attached hydrogens (tertiary/aromatic N) is 2. The average Bonchev–Trinajstić information content (AvgIpc) is 2.77. The van der Waals surface area contributed by atoms with Crippen molar-refractivity contribution in [1.82, 2.24) is 15.2 Å². The van der Waals surface area contributed by atoms with Gasteiger partial charge in [-0.25, -0.2) is 0 Å². The molecule has 0 bridgehead atoms. The maximum Gasteiger partial charge on any atom is 0.254 e. The van der Waals surface area contributed by atoms with Crippen molar-refractivity contribution in [1.29, 1.82) is 0 Å². The van der Waals surface area contributed by atoms with E-state index in [1.807, 2.05) is 17.0 Å². The number of Topliss-reactive ketones (excluding diaryl/α,β-unsaturated/α-hetero) is 1. The summed E-state index contributed by atoms with van der Waals surface area (Å²) in [6.07, 6.45) is 6.53. The van der Waals surface area contributed by atoms with Crippen LogP contribution in [0.2, 0.25) is 0 Å². The number of nitrogens with one attached hydrogen (secondary N) is 1. The van der Waals surface area contributed by atoms with E-state index in [1.54, 1.807) is 36.7 Å². The third-order valence-electron chi connectivity index (χ3n) is 5.43. The van der Waals surface area contributed by atoms with Gasteiger partial charge in [0.05, 0.1) is 5.56 Å². The van der Waals surface area contributed by atoms with Crippen LogP contribution in [0.1, 0.15) is 58.9 Å². The molecule has 1 saturated heterocycles. The highest BCUT2D eigenvalue weighted by Crippen LogP contribution is 2.24. The molecule has 6 heteroatoms. The standard InChI is InChI=1S/C23H27N3O3/c1-17(27)20-6-2-3-7-21(20)23(29)26-13-10-18(11-14-26)8-9-22(28)25-16-19-5-4-12-24-15-19/h2-7,12,15,18H,8-11,13-14,16H2,1H3,(H,25,28). The Morgan fingerprint density at radius 2 is 1.79 bits per heavy atom. The van der Waals surface area contributed by atoms with Crippen molar-refractivity contribution in [3.8, 4) is 0 Å². The fourth-order valence-electron chi connectivity index (χ4n) is 3.70. The summed E-state index contributed by atoms with van der Waals surface area (Å²) in [5.41, 5.74) is 1.94. The number of carbonyl (C=O) groups is 3. The average molecular weight is 393 g/mol. The van der Waals surface area contributed by atoms with Gasteiger partial charge in [0.1, 0.15) is 0 Å². The van der Waals surface area contributed by atoms with Gasteiger partial charge in [0.15, 0.2) is 5.78 Å². The fourth-order valence-corrected chi connectivity index (χ4v) is 3.70. The van der Waals surface area contributed by atoms with Crippen LogP contribution in [0.25, 0.3) is 0 Å². The van der Waals surface area contributed by atoms with Crippen LogP contribution in [0.5, 0.6) is 0 Å². The van der Waals surface area contributed by atoms with Crippen molar-refractivity contribution in [3.05, 3.63) is 65.5 Å². The van der Waals surface area contributed by atoms with Crippen molar-refractivity contribution in [2.45, 2.75) is 39.2 Å². The van der Waals surface area contributed by atoms with Crippen LogP contribution in [-0.2, 0) is 11.3 Å². The summed E-state index contributed by atoms with van der Waals surface area (Å²) < 4.78 is 0. The minimum absolute atomic E-state index is 0.0442. The lowest BCUT2D eigenvalue weighted by Crippen LogP contribution is -2.39. The van der Waals surface area contributed by atoms with Crippen molar-refractivity contribution >= 4 is 17.6 Å². The van der Waals surface area contributed by atoms with E-state index in [0.29, 0.717) is 43.1 Å². The minimum atomic E-state index is -0.0962. The third kappa shape index (κ3) is 5.73. The summed E-state index contributed by atoms with van der Waals surface area (Å²) in [6, 6.07) is 10.8. The molecule has 0 radical (unpaired) electrons. The molecule has 2 amide bonds. The van der Waals surface area contributed by atoms with Crippen molar-refractivity contribution in [2.75, 3.05) is 13.1 Å². The molecule has 0 spiro atoms. The highest BCUT2D eigenvalue weighted by Gasteiger charge is 2.25. The van der Waals surface area contributed by atoms with E-state index in [-0.39, 0.29) is 17.6 Å². The van der Waals surface area contributed by atoms with E-state index < -0.39 is 0 Å². The summed E-state index contributed by atoms with van der Waals surface area (Å²) >= 11 is 0. The number of carbonyl (C=O) groups excluding carboxylic acids is 3. The minimum Gasteiger partial charge on any atom is -0.352 e. The smallest absolute Gasteiger partial charge is 0.254 e. The van der Waals surface area contributed by atoms with E-state index in [1.165, 1.54) is 6.92 Å². The van der Waals surface area contributed by atoms with Crippen LogP contribution >= 0.6 is 0 Å². The van der Waals surface area contributed by atoms with Gasteiger partial charge in [-0.2, -0.15) is 0 Å². The van der Waals surface area contributed by atoms with Crippen LogP contribution in [0.4, 0.5) is 0 Å². The number of piperidine rings is 1. The summed E-state index contributed by atoms with van der Waals surface area (Å²) in [7, 11) is 0. The molecule has 0 atom stereocenters. The molecule has 29 heavy (non-hydrogen) atoms. The highest BCUT2D eigenvalue weighted by molar-refractivity contribution is 6.07. The number of aromatic nitrogens is 1. The van der Waals surface area contributed by atoms with E-state index >= 15 is 0 Å². The first-order valence-corrected chi connectivity index (χ1v) is 10.1. The van der Waals surface area contributed by atoms with Gasteiger partial charge in [0.25, 0.3) is 5.91 Å². The third-order valence-corrected chi connectivity index (χ3v) is 5.43. The summed E-state index contributed by atoms with van der Waals surface area (Å²) in [5, 5.41) is 2.93. The summed E-state index contributed by atoms with van der Waals surface area (Å²) in [5.74, 6) is 0.304. The number of hydrogen-bond acceptors (Lipinski definition) is 4. The van der Waals surface area contributed by atoms with Crippen LogP contribution in [0, 0.1) is 5.92 Å². The van der Waals surface area contributed by atoms with Gasteiger partial charge in [0.2, 0.25) is 5.91 Å². The lowest BCUT2D eigenvalue weighted by Gasteiger charge is -2.32. The molecule has 0 aliphatic carbocycles. The zero-order chi connectivity index (χ0) is 20.6. The van der Waals surface area contributed by atoms with Crippen LogP contribution in [-0.4, -0.2) is 40.6 Å². The molecule has 3 rings (SSSR count). The molecule has 6 nitrogen and oxygen atoms in total. The van der Waals surface area contributed by atoms with E-state index in [9.17, 15) is 14.4 Å². The molecule has 152 valence electrons.